The van der Waals surface area contributed by atoms with E-state index in [-0.39, 0.29) is 30.9 Å². The summed E-state index contributed by atoms with van der Waals surface area (Å²) in [6, 6.07) is 15.4. The van der Waals surface area contributed by atoms with Crippen molar-refractivity contribution in [2.75, 3.05) is 39.9 Å². The zero-order chi connectivity index (χ0) is 27.9. The summed E-state index contributed by atoms with van der Waals surface area (Å²) in [4.78, 5) is 0. The fraction of sp³-hybridized carbons (Fsp3) is 0.556. The molecule has 2 aromatic carbocycles. The van der Waals surface area contributed by atoms with Crippen LogP contribution in [0.2, 0.25) is 0 Å². The van der Waals surface area contributed by atoms with Gasteiger partial charge in [0.05, 0.1) is 11.2 Å². The van der Waals surface area contributed by atoms with Crippen molar-refractivity contribution in [3.63, 3.8) is 0 Å². The highest BCUT2D eigenvalue weighted by molar-refractivity contribution is 7.70. The first-order valence-corrected chi connectivity index (χ1v) is 17.9. The summed E-state index contributed by atoms with van der Waals surface area (Å²) < 4.78 is 47.3. The van der Waals surface area contributed by atoms with Gasteiger partial charge in [-0.1, -0.05) is 62.4 Å². The van der Waals surface area contributed by atoms with Gasteiger partial charge in [-0.25, -0.2) is 0 Å². The van der Waals surface area contributed by atoms with E-state index in [1.54, 1.807) is 26.7 Å². The highest BCUT2D eigenvalue weighted by Gasteiger charge is 2.51. The Kier molecular flexibility index (Phi) is 8.87. The van der Waals surface area contributed by atoms with E-state index in [4.69, 9.17) is 18.6 Å². The number of hydrogen-bond acceptors (Lipinski definition) is 6. The Morgan fingerprint density at radius 3 is 1.24 bits per heavy atom. The van der Waals surface area contributed by atoms with Gasteiger partial charge in [-0.05, 0) is 65.3 Å². The summed E-state index contributed by atoms with van der Waals surface area (Å²) in [6.45, 7) is 20.9. The van der Waals surface area contributed by atoms with E-state index in [0.29, 0.717) is 13.2 Å². The van der Waals surface area contributed by atoms with Crippen molar-refractivity contribution >= 4 is 50.1 Å². The van der Waals surface area contributed by atoms with Gasteiger partial charge in [-0.2, -0.15) is 0 Å². The first-order valence-electron chi connectivity index (χ1n) is 12.7. The second-order valence-corrected chi connectivity index (χ2v) is 19.0. The Bertz CT molecular complexity index is 1140. The van der Waals surface area contributed by atoms with Crippen LogP contribution >= 0.6 is 14.3 Å². The normalized spacial score (nSPS) is 20.8. The van der Waals surface area contributed by atoms with E-state index in [9.17, 15) is 9.13 Å². The lowest BCUT2D eigenvalue weighted by molar-refractivity contribution is 0.00578. The van der Waals surface area contributed by atoms with Crippen LogP contribution in [0.4, 0.5) is 0 Å². The van der Waals surface area contributed by atoms with E-state index in [0.717, 1.165) is 21.5 Å². The van der Waals surface area contributed by atoms with Crippen LogP contribution < -0.4 is 21.5 Å². The molecule has 10 heteroatoms. The molecule has 0 bridgehead atoms. The Morgan fingerprint density at radius 1 is 0.595 bits per heavy atom. The van der Waals surface area contributed by atoms with Crippen LogP contribution in [-0.2, 0) is 27.7 Å². The van der Waals surface area contributed by atoms with Crippen LogP contribution in [0.25, 0.3) is 0 Å². The number of rotatable bonds is 4. The topological polar surface area (TPSA) is 71.1 Å². The summed E-state index contributed by atoms with van der Waals surface area (Å²) in [5, 5.41) is 1.77. The van der Waals surface area contributed by atoms with E-state index in [1.807, 2.05) is 76.2 Å². The Balaban J connectivity index is 0.000000206. The van der Waals surface area contributed by atoms with Gasteiger partial charge in [0.2, 0.25) is 0 Å². The average molecular weight is 546 g/mol. The summed E-state index contributed by atoms with van der Waals surface area (Å²) in [5.74, 6) is 0. The van der Waals surface area contributed by atoms with Gasteiger partial charge in [0, 0.05) is 29.2 Å². The third kappa shape index (κ3) is 7.72. The van der Waals surface area contributed by atoms with E-state index in [1.165, 1.54) is 0 Å². The summed E-state index contributed by atoms with van der Waals surface area (Å²) >= 11 is 0. The van der Waals surface area contributed by atoms with Gasteiger partial charge in [-0.3, -0.25) is 0 Å². The van der Waals surface area contributed by atoms with Gasteiger partial charge in [-0.15, -0.1) is 0 Å². The Labute approximate surface area is 224 Å². The van der Waals surface area contributed by atoms with Crippen molar-refractivity contribution in [2.45, 2.75) is 52.7 Å². The van der Waals surface area contributed by atoms with Gasteiger partial charge in [0.1, 0.15) is 14.3 Å². The summed E-state index contributed by atoms with van der Waals surface area (Å²) in [5.41, 5.74) is 1.37. The van der Waals surface area contributed by atoms with E-state index in [2.05, 4.69) is 13.8 Å². The molecular weight excluding hydrogens is 504 g/mol. The SMILES string of the molecule is CC1(C)COB(c2ccc(P(C)(C)=O)cc2)OC1.CC1(C)OB(c2ccc(P(C)(C)=O)cc2)OC1(C)C. The standard InChI is InChI=1S/C14H22BO3P.C13H20BO3P/c1-13(2)14(3,4)18-15(17-13)11-7-9-12(10-8-11)19(5,6)16;1-13(2)9-16-14(17-10-13)11-5-7-12(8-6-11)18(3,4)15/h7-10H,1-6H3;5-8H,9-10H2,1-4H3. The molecule has 0 saturated carbocycles. The van der Waals surface area contributed by atoms with Gasteiger partial charge < -0.3 is 27.7 Å². The van der Waals surface area contributed by atoms with Crippen LogP contribution in [0.15, 0.2) is 48.5 Å². The lowest BCUT2D eigenvalue weighted by Gasteiger charge is -2.33. The second kappa shape index (κ2) is 10.8. The molecule has 4 rings (SSSR count). The maximum atomic E-state index is 12.0. The largest absolute Gasteiger partial charge is 0.494 e. The molecule has 37 heavy (non-hydrogen) atoms. The quantitative estimate of drug-likeness (QED) is 0.428. The van der Waals surface area contributed by atoms with Crippen molar-refractivity contribution in [2.24, 2.45) is 5.41 Å². The van der Waals surface area contributed by atoms with Crippen molar-refractivity contribution < 1.29 is 27.7 Å². The number of benzene rings is 2. The van der Waals surface area contributed by atoms with Crippen LogP contribution in [0.1, 0.15) is 41.5 Å². The predicted molar refractivity (Wildman–Crippen MR) is 158 cm³/mol. The van der Waals surface area contributed by atoms with Gasteiger partial charge in [0.15, 0.2) is 0 Å². The highest BCUT2D eigenvalue weighted by atomic mass is 31.2. The minimum atomic E-state index is -2.20. The molecular formula is C27H42B2O6P2. The third-order valence-electron chi connectivity index (χ3n) is 7.08. The zero-order valence-corrected chi connectivity index (χ0v) is 25.8. The lowest BCUT2D eigenvalue weighted by Crippen LogP contribution is -2.47. The van der Waals surface area contributed by atoms with Crippen LogP contribution in [0.5, 0.6) is 0 Å². The molecule has 2 aliphatic heterocycles. The first-order chi connectivity index (χ1) is 16.8. The Morgan fingerprint density at radius 2 is 0.919 bits per heavy atom. The highest BCUT2D eigenvalue weighted by Crippen LogP contribution is 2.37. The van der Waals surface area contributed by atoms with Crippen LogP contribution in [-0.4, -0.2) is 65.3 Å². The fourth-order valence-electron chi connectivity index (χ4n) is 3.84. The first kappa shape index (κ1) is 30.4. The molecule has 0 aliphatic carbocycles. The smallest absolute Gasteiger partial charge is 0.407 e. The lowest BCUT2D eigenvalue weighted by atomic mass is 9.76. The minimum absolute atomic E-state index is 0.0823. The maximum Gasteiger partial charge on any atom is 0.494 e. The molecule has 0 radical (unpaired) electrons. The molecule has 2 fully saturated rings. The average Bonchev–Trinajstić information content (AvgIpc) is 3.00. The van der Waals surface area contributed by atoms with Crippen molar-refractivity contribution in [3.8, 4) is 0 Å². The van der Waals surface area contributed by atoms with Crippen molar-refractivity contribution in [3.05, 3.63) is 48.5 Å². The molecule has 0 N–H and O–H groups in total. The van der Waals surface area contributed by atoms with Crippen molar-refractivity contribution in [1.29, 1.82) is 0 Å². The zero-order valence-electron chi connectivity index (χ0n) is 24.0. The van der Waals surface area contributed by atoms with Crippen LogP contribution in [0.3, 0.4) is 0 Å². The van der Waals surface area contributed by atoms with Crippen LogP contribution in [0, 0.1) is 5.41 Å². The molecule has 6 nitrogen and oxygen atoms in total. The fourth-order valence-corrected chi connectivity index (χ4v) is 5.58. The van der Waals surface area contributed by atoms with Gasteiger partial charge in [0.25, 0.3) is 0 Å². The second-order valence-electron chi connectivity index (χ2n) is 12.6. The molecule has 0 aromatic heterocycles. The third-order valence-corrected chi connectivity index (χ3v) is 10.2. The summed E-state index contributed by atoms with van der Waals surface area (Å²) in [6.07, 6.45) is 0. The number of hydrogen-bond donors (Lipinski definition) is 0. The molecule has 2 aliphatic rings. The van der Waals surface area contributed by atoms with Gasteiger partial charge >= 0.3 is 14.2 Å². The molecule has 202 valence electrons. The molecule has 0 unspecified atom stereocenters. The monoisotopic (exact) mass is 546 g/mol. The molecule has 2 heterocycles. The molecule has 2 aromatic rings. The van der Waals surface area contributed by atoms with E-state index >= 15 is 0 Å². The molecule has 0 amide bonds. The Hall–Kier alpha value is -1.13. The summed E-state index contributed by atoms with van der Waals surface area (Å²) in [7, 11) is -5.03. The molecule has 2 saturated heterocycles. The van der Waals surface area contributed by atoms with Crippen molar-refractivity contribution in [1.82, 2.24) is 0 Å². The molecule has 0 spiro atoms. The maximum absolute atomic E-state index is 12.0. The van der Waals surface area contributed by atoms with E-state index < -0.39 is 14.3 Å². The molecule has 0 atom stereocenters. The predicted octanol–water partition coefficient (Wildman–Crippen LogP) is 3.94. The minimum Gasteiger partial charge on any atom is -0.407 e.